The number of phosphoric acid groups is 1. The largest absolute Gasteiger partial charge is 0.472 e. The van der Waals surface area contributed by atoms with E-state index in [1.165, 1.54) is 96.3 Å². The standard InChI is InChI=1S/C44H80NO8P/c1-3-5-7-9-11-13-15-17-19-20-21-23-24-26-28-30-32-34-36-43(46)50-40-42(41-52-54(48,49)51-39-38-45)53-44(47)37-35-33-31-29-27-25-22-18-16-14-12-10-8-6-4-2/h6,8,10,12,14,16,18,22,42H,3-5,7,9,11,13,15,17,19-21,23-41,45H2,1-2H3,(H,48,49)/b8-6+,12-10+,16-14+,22-18+/t42-/m1/s1. The van der Waals surface area contributed by atoms with Crippen LogP contribution >= 0.6 is 7.82 Å². The number of hydrogen-bond acceptors (Lipinski definition) is 8. The summed E-state index contributed by atoms with van der Waals surface area (Å²) in [6.45, 7) is 3.57. The van der Waals surface area contributed by atoms with Gasteiger partial charge >= 0.3 is 19.8 Å². The summed E-state index contributed by atoms with van der Waals surface area (Å²) in [4.78, 5) is 34.9. The van der Waals surface area contributed by atoms with Gasteiger partial charge in [0.05, 0.1) is 13.2 Å². The highest BCUT2D eigenvalue weighted by Gasteiger charge is 2.26. The molecule has 0 amide bonds. The number of unbranched alkanes of at least 4 members (excludes halogenated alkanes) is 22. The summed E-state index contributed by atoms with van der Waals surface area (Å²) < 4.78 is 32.7. The first-order valence-corrected chi connectivity index (χ1v) is 23.2. The molecule has 0 radical (unpaired) electrons. The zero-order valence-corrected chi connectivity index (χ0v) is 35.3. The summed E-state index contributed by atoms with van der Waals surface area (Å²) in [6, 6.07) is 0. The van der Waals surface area contributed by atoms with Crippen molar-refractivity contribution in [2.45, 2.75) is 193 Å². The molecule has 1 unspecified atom stereocenters. The Morgan fingerprint density at radius 3 is 1.52 bits per heavy atom. The van der Waals surface area contributed by atoms with Crippen LogP contribution in [0.5, 0.6) is 0 Å². The van der Waals surface area contributed by atoms with Crippen LogP contribution in [0, 0.1) is 0 Å². The molecule has 0 aromatic rings. The number of nitrogens with two attached hydrogens (primary N) is 1. The van der Waals surface area contributed by atoms with Crippen molar-refractivity contribution < 1.29 is 37.6 Å². The Morgan fingerprint density at radius 1 is 0.574 bits per heavy atom. The van der Waals surface area contributed by atoms with Crippen molar-refractivity contribution in [2.75, 3.05) is 26.4 Å². The Morgan fingerprint density at radius 2 is 1.02 bits per heavy atom. The van der Waals surface area contributed by atoms with E-state index >= 15 is 0 Å². The van der Waals surface area contributed by atoms with E-state index in [9.17, 15) is 19.0 Å². The first-order valence-electron chi connectivity index (χ1n) is 21.7. The first-order chi connectivity index (χ1) is 26.3. The molecule has 3 N–H and O–H groups in total. The molecule has 0 spiro atoms. The monoisotopic (exact) mass is 782 g/mol. The molecule has 314 valence electrons. The Hall–Kier alpha value is -2.03. The second-order valence-corrected chi connectivity index (χ2v) is 15.7. The average molecular weight is 782 g/mol. The van der Waals surface area contributed by atoms with Crippen LogP contribution in [0.3, 0.4) is 0 Å². The van der Waals surface area contributed by atoms with E-state index in [0.29, 0.717) is 6.42 Å². The van der Waals surface area contributed by atoms with E-state index in [0.717, 1.165) is 57.8 Å². The molecule has 2 atom stereocenters. The van der Waals surface area contributed by atoms with Gasteiger partial charge in [0.15, 0.2) is 6.10 Å². The van der Waals surface area contributed by atoms with Gasteiger partial charge < -0.3 is 20.1 Å². The Balaban J connectivity index is 4.15. The fourth-order valence-corrected chi connectivity index (χ4v) is 6.65. The second kappa shape index (κ2) is 40.6. The van der Waals surface area contributed by atoms with Crippen molar-refractivity contribution in [3.05, 3.63) is 48.6 Å². The molecule has 10 heteroatoms. The molecule has 0 bridgehead atoms. The summed E-state index contributed by atoms with van der Waals surface area (Å²) in [6.07, 6.45) is 45.7. The highest BCUT2D eigenvalue weighted by molar-refractivity contribution is 7.47. The molecule has 0 aliphatic heterocycles. The zero-order chi connectivity index (χ0) is 39.6. The normalized spacial score (nSPS) is 13.8. The second-order valence-electron chi connectivity index (χ2n) is 14.3. The van der Waals surface area contributed by atoms with Gasteiger partial charge in [-0.15, -0.1) is 0 Å². The lowest BCUT2D eigenvalue weighted by molar-refractivity contribution is -0.161. The quantitative estimate of drug-likeness (QED) is 0.0269. The third kappa shape index (κ3) is 39.7. The smallest absolute Gasteiger partial charge is 0.462 e. The number of hydrogen-bond donors (Lipinski definition) is 2. The van der Waals surface area contributed by atoms with Gasteiger partial charge in [0, 0.05) is 19.4 Å². The maximum Gasteiger partial charge on any atom is 0.472 e. The third-order valence-electron chi connectivity index (χ3n) is 9.07. The average Bonchev–Trinajstić information content (AvgIpc) is 3.16. The number of allylic oxidation sites excluding steroid dienone is 8. The minimum absolute atomic E-state index is 0.0483. The molecule has 0 rings (SSSR count). The lowest BCUT2D eigenvalue weighted by atomic mass is 10.0. The van der Waals surface area contributed by atoms with E-state index in [2.05, 4.69) is 32.1 Å². The number of carbonyl (C=O) groups is 2. The van der Waals surface area contributed by atoms with E-state index in [1.54, 1.807) is 0 Å². The van der Waals surface area contributed by atoms with Crippen LogP contribution in [-0.4, -0.2) is 49.3 Å². The van der Waals surface area contributed by atoms with Crippen LogP contribution < -0.4 is 5.73 Å². The third-order valence-corrected chi connectivity index (χ3v) is 10.1. The van der Waals surface area contributed by atoms with Crippen molar-refractivity contribution in [2.24, 2.45) is 5.73 Å². The minimum Gasteiger partial charge on any atom is -0.462 e. The highest BCUT2D eigenvalue weighted by atomic mass is 31.2. The summed E-state index contributed by atoms with van der Waals surface area (Å²) in [5.74, 6) is -0.852. The van der Waals surface area contributed by atoms with Gasteiger partial charge in [-0.1, -0.05) is 191 Å². The van der Waals surface area contributed by atoms with Crippen molar-refractivity contribution in [1.82, 2.24) is 0 Å². The van der Waals surface area contributed by atoms with Crippen molar-refractivity contribution >= 4 is 19.8 Å². The van der Waals surface area contributed by atoms with Crippen molar-refractivity contribution in [3.8, 4) is 0 Å². The zero-order valence-electron chi connectivity index (χ0n) is 34.4. The summed E-state index contributed by atoms with van der Waals surface area (Å²) in [5.41, 5.74) is 5.34. The van der Waals surface area contributed by atoms with E-state index < -0.39 is 26.5 Å². The van der Waals surface area contributed by atoms with Crippen LogP contribution in [0.15, 0.2) is 48.6 Å². The van der Waals surface area contributed by atoms with Gasteiger partial charge in [-0.2, -0.15) is 0 Å². The molecule has 54 heavy (non-hydrogen) atoms. The number of phosphoric ester groups is 1. The van der Waals surface area contributed by atoms with Crippen LogP contribution in [0.2, 0.25) is 0 Å². The maximum atomic E-state index is 12.6. The molecule has 0 saturated carbocycles. The topological polar surface area (TPSA) is 134 Å². The van der Waals surface area contributed by atoms with Crippen LogP contribution in [0.4, 0.5) is 0 Å². The molecule has 0 fully saturated rings. The lowest BCUT2D eigenvalue weighted by Gasteiger charge is -2.19. The van der Waals surface area contributed by atoms with Gasteiger partial charge in [0.25, 0.3) is 0 Å². The van der Waals surface area contributed by atoms with Crippen LogP contribution in [-0.2, 0) is 32.7 Å². The van der Waals surface area contributed by atoms with Crippen molar-refractivity contribution in [3.63, 3.8) is 0 Å². The SMILES string of the molecule is CC/C=C/C=C/C=C/C=C/CCCCCCCC(=O)O[C@H](COC(=O)CCCCCCCCCCCCCCCCCCCC)COP(=O)(O)OCCN. The van der Waals surface area contributed by atoms with Crippen molar-refractivity contribution in [1.29, 1.82) is 0 Å². The van der Waals surface area contributed by atoms with E-state index in [4.69, 9.17) is 24.3 Å². The number of esters is 2. The van der Waals surface area contributed by atoms with Gasteiger partial charge in [0.2, 0.25) is 0 Å². The number of carbonyl (C=O) groups excluding carboxylic acids is 2. The minimum atomic E-state index is -4.38. The van der Waals surface area contributed by atoms with E-state index in [1.807, 2.05) is 30.4 Å². The summed E-state index contributed by atoms with van der Waals surface area (Å²) in [5, 5.41) is 0. The molecule has 0 aromatic carbocycles. The Bertz CT molecular complexity index is 1030. The predicted octanol–water partition coefficient (Wildman–Crippen LogP) is 12.3. The lowest BCUT2D eigenvalue weighted by Crippen LogP contribution is -2.29. The predicted molar refractivity (Wildman–Crippen MR) is 224 cm³/mol. The Kier molecular flexibility index (Phi) is 39.1. The maximum absolute atomic E-state index is 12.6. The molecule has 0 aliphatic rings. The highest BCUT2D eigenvalue weighted by Crippen LogP contribution is 2.43. The summed E-state index contributed by atoms with van der Waals surface area (Å²) >= 11 is 0. The first kappa shape index (κ1) is 52.0. The number of rotatable bonds is 40. The van der Waals surface area contributed by atoms with Gasteiger partial charge in [-0.05, 0) is 32.1 Å². The molecular formula is C44H80NO8P. The van der Waals surface area contributed by atoms with Gasteiger partial charge in [0.1, 0.15) is 6.61 Å². The Labute approximate surface area is 330 Å². The molecule has 0 heterocycles. The molecule has 0 aromatic heterocycles. The molecular weight excluding hydrogens is 701 g/mol. The molecule has 0 aliphatic carbocycles. The van der Waals surface area contributed by atoms with Gasteiger partial charge in [-0.25, -0.2) is 4.57 Å². The van der Waals surface area contributed by atoms with Crippen LogP contribution in [0.1, 0.15) is 187 Å². The van der Waals surface area contributed by atoms with Gasteiger partial charge in [-0.3, -0.25) is 18.6 Å². The molecule has 0 saturated heterocycles. The molecule has 9 nitrogen and oxygen atoms in total. The van der Waals surface area contributed by atoms with E-state index in [-0.39, 0.29) is 38.6 Å². The van der Waals surface area contributed by atoms with Crippen LogP contribution in [0.25, 0.3) is 0 Å². The fraction of sp³-hybridized carbons (Fsp3) is 0.773. The number of ether oxygens (including phenoxy) is 2. The fourth-order valence-electron chi connectivity index (χ4n) is 5.88. The summed E-state index contributed by atoms with van der Waals surface area (Å²) in [7, 11) is -4.38.